The molecule has 1 N–H and O–H groups in total. The van der Waals surface area contributed by atoms with Crippen molar-refractivity contribution in [2.24, 2.45) is 0 Å². The van der Waals surface area contributed by atoms with Crippen molar-refractivity contribution in [2.75, 3.05) is 11.9 Å². The average molecular weight is 254 g/mol. The van der Waals surface area contributed by atoms with Gasteiger partial charge in [0.1, 0.15) is 5.00 Å². The van der Waals surface area contributed by atoms with E-state index in [4.69, 9.17) is 4.74 Å². The number of aromatic nitrogens is 1. The van der Waals surface area contributed by atoms with E-state index in [0.29, 0.717) is 0 Å². The Hall–Kier alpha value is -0.940. The third-order valence-electron chi connectivity index (χ3n) is 3.10. The molecule has 5 heteroatoms. The SMILES string of the molecule is CC(=O)c1c(C)nsc1NC(C)C1CCCO1. The first-order valence-electron chi connectivity index (χ1n) is 5.95. The van der Waals surface area contributed by atoms with Crippen LogP contribution in [-0.4, -0.2) is 28.9 Å². The summed E-state index contributed by atoms with van der Waals surface area (Å²) in [6.07, 6.45) is 2.46. The zero-order chi connectivity index (χ0) is 12.4. The van der Waals surface area contributed by atoms with Crippen LogP contribution in [-0.2, 0) is 4.74 Å². The van der Waals surface area contributed by atoms with Gasteiger partial charge in [-0.25, -0.2) is 0 Å². The summed E-state index contributed by atoms with van der Waals surface area (Å²) in [6, 6.07) is 0.218. The molecular weight excluding hydrogens is 236 g/mol. The molecule has 4 nitrogen and oxygen atoms in total. The quantitative estimate of drug-likeness (QED) is 0.839. The molecule has 0 aromatic carbocycles. The van der Waals surface area contributed by atoms with Gasteiger partial charge in [0.25, 0.3) is 0 Å². The molecule has 1 aromatic heterocycles. The highest BCUT2D eigenvalue weighted by Crippen LogP contribution is 2.27. The number of ketones is 1. The minimum absolute atomic E-state index is 0.0679. The molecule has 94 valence electrons. The Bertz CT molecular complexity index is 411. The first-order valence-corrected chi connectivity index (χ1v) is 6.72. The van der Waals surface area contributed by atoms with E-state index in [1.165, 1.54) is 11.5 Å². The van der Waals surface area contributed by atoms with Crippen molar-refractivity contribution in [3.05, 3.63) is 11.3 Å². The second-order valence-corrected chi connectivity index (χ2v) is 5.29. The second-order valence-electron chi connectivity index (χ2n) is 4.51. The van der Waals surface area contributed by atoms with E-state index >= 15 is 0 Å². The lowest BCUT2D eigenvalue weighted by atomic mass is 10.1. The van der Waals surface area contributed by atoms with Crippen LogP contribution < -0.4 is 5.32 Å². The fourth-order valence-corrected chi connectivity index (χ4v) is 3.12. The second kappa shape index (κ2) is 5.14. The van der Waals surface area contributed by atoms with Gasteiger partial charge in [0, 0.05) is 6.61 Å². The van der Waals surface area contributed by atoms with E-state index in [0.717, 1.165) is 35.7 Å². The third-order valence-corrected chi connectivity index (χ3v) is 3.97. The van der Waals surface area contributed by atoms with Gasteiger partial charge in [0.2, 0.25) is 0 Å². The van der Waals surface area contributed by atoms with Crippen molar-refractivity contribution in [2.45, 2.75) is 45.8 Å². The number of ether oxygens (including phenoxy) is 1. The molecule has 1 aliphatic rings. The Morgan fingerprint density at radius 1 is 1.65 bits per heavy atom. The zero-order valence-corrected chi connectivity index (χ0v) is 11.3. The Kier molecular flexibility index (Phi) is 3.79. The fourth-order valence-electron chi connectivity index (χ4n) is 2.18. The highest BCUT2D eigenvalue weighted by molar-refractivity contribution is 7.10. The highest BCUT2D eigenvalue weighted by atomic mass is 32.1. The topological polar surface area (TPSA) is 51.2 Å². The Labute approximate surface area is 106 Å². The lowest BCUT2D eigenvalue weighted by Gasteiger charge is -2.20. The zero-order valence-electron chi connectivity index (χ0n) is 10.4. The Morgan fingerprint density at radius 3 is 3.00 bits per heavy atom. The van der Waals surface area contributed by atoms with Crippen LogP contribution in [0.2, 0.25) is 0 Å². The van der Waals surface area contributed by atoms with Crippen LogP contribution in [0.4, 0.5) is 5.00 Å². The van der Waals surface area contributed by atoms with Gasteiger partial charge >= 0.3 is 0 Å². The maximum absolute atomic E-state index is 11.5. The van der Waals surface area contributed by atoms with Crippen LogP contribution in [0.1, 0.15) is 42.7 Å². The van der Waals surface area contributed by atoms with Gasteiger partial charge in [0.15, 0.2) is 5.78 Å². The van der Waals surface area contributed by atoms with E-state index in [2.05, 4.69) is 16.6 Å². The summed E-state index contributed by atoms with van der Waals surface area (Å²) in [5, 5.41) is 4.24. The molecular formula is C12H18N2O2S. The fraction of sp³-hybridized carbons (Fsp3) is 0.667. The summed E-state index contributed by atoms with van der Waals surface area (Å²) < 4.78 is 9.87. The molecule has 2 atom stereocenters. The number of anilines is 1. The number of hydrogen-bond acceptors (Lipinski definition) is 5. The predicted molar refractivity (Wildman–Crippen MR) is 68.9 cm³/mol. The molecule has 2 heterocycles. The van der Waals surface area contributed by atoms with E-state index in [1.54, 1.807) is 6.92 Å². The molecule has 0 bridgehead atoms. The number of rotatable bonds is 4. The van der Waals surface area contributed by atoms with Crippen LogP contribution in [0.25, 0.3) is 0 Å². The number of nitrogens with zero attached hydrogens (tertiary/aromatic N) is 1. The van der Waals surface area contributed by atoms with E-state index in [-0.39, 0.29) is 17.9 Å². The summed E-state index contributed by atoms with van der Waals surface area (Å²) in [7, 11) is 0. The van der Waals surface area contributed by atoms with Crippen LogP contribution in [0.3, 0.4) is 0 Å². The summed E-state index contributed by atoms with van der Waals surface area (Å²) in [5.41, 5.74) is 1.53. The maximum atomic E-state index is 11.5. The molecule has 0 saturated carbocycles. The highest BCUT2D eigenvalue weighted by Gasteiger charge is 2.24. The van der Waals surface area contributed by atoms with E-state index < -0.39 is 0 Å². The standard InChI is InChI=1S/C12H18N2O2S/c1-7(10-5-4-6-16-10)13-12-11(9(3)15)8(2)14-17-12/h7,10,13H,4-6H2,1-3H3. The molecule has 1 fully saturated rings. The van der Waals surface area contributed by atoms with Crippen LogP contribution in [0.15, 0.2) is 0 Å². The molecule has 1 aromatic rings. The lowest BCUT2D eigenvalue weighted by Crippen LogP contribution is -2.30. The van der Waals surface area contributed by atoms with Gasteiger partial charge in [-0.2, -0.15) is 4.37 Å². The van der Waals surface area contributed by atoms with Crippen LogP contribution in [0, 0.1) is 6.92 Å². The van der Waals surface area contributed by atoms with Crippen molar-refractivity contribution in [1.82, 2.24) is 4.37 Å². The van der Waals surface area contributed by atoms with Gasteiger partial charge in [-0.15, -0.1) is 0 Å². The first kappa shape index (κ1) is 12.5. The summed E-state index contributed by atoms with van der Waals surface area (Å²) in [6.45, 7) is 6.39. The number of carbonyl (C=O) groups excluding carboxylic acids is 1. The van der Waals surface area contributed by atoms with Gasteiger partial charge in [-0.1, -0.05) is 0 Å². The largest absolute Gasteiger partial charge is 0.376 e. The number of nitrogens with one attached hydrogen (secondary N) is 1. The Morgan fingerprint density at radius 2 is 2.41 bits per heavy atom. The van der Waals surface area contributed by atoms with Crippen molar-refractivity contribution < 1.29 is 9.53 Å². The van der Waals surface area contributed by atoms with Crippen LogP contribution in [0.5, 0.6) is 0 Å². The monoisotopic (exact) mass is 254 g/mol. The van der Waals surface area contributed by atoms with Gasteiger partial charge < -0.3 is 10.1 Å². The normalized spacial score (nSPS) is 21.5. The lowest BCUT2D eigenvalue weighted by molar-refractivity contribution is 0.0990. The average Bonchev–Trinajstić information content (AvgIpc) is 2.87. The van der Waals surface area contributed by atoms with Crippen LogP contribution >= 0.6 is 11.5 Å². The summed E-state index contributed by atoms with van der Waals surface area (Å²) in [5.74, 6) is 0.0679. The molecule has 0 amide bonds. The molecule has 2 unspecified atom stereocenters. The van der Waals surface area contributed by atoms with E-state index in [1.807, 2.05) is 6.92 Å². The number of aryl methyl sites for hydroxylation is 1. The molecule has 2 rings (SSSR count). The smallest absolute Gasteiger partial charge is 0.164 e. The predicted octanol–water partition coefficient (Wildman–Crippen LogP) is 2.63. The third kappa shape index (κ3) is 2.66. The van der Waals surface area contributed by atoms with Gasteiger partial charge in [-0.05, 0) is 45.1 Å². The van der Waals surface area contributed by atoms with Gasteiger partial charge in [-0.3, -0.25) is 4.79 Å². The molecule has 1 saturated heterocycles. The maximum Gasteiger partial charge on any atom is 0.164 e. The minimum atomic E-state index is 0.0679. The minimum Gasteiger partial charge on any atom is -0.376 e. The van der Waals surface area contributed by atoms with Gasteiger partial charge in [0.05, 0.1) is 23.4 Å². The molecule has 0 radical (unpaired) electrons. The molecule has 0 spiro atoms. The first-order chi connectivity index (χ1) is 8.09. The van der Waals surface area contributed by atoms with Crippen molar-refractivity contribution >= 4 is 22.3 Å². The van der Waals surface area contributed by atoms with Crippen molar-refractivity contribution in [1.29, 1.82) is 0 Å². The van der Waals surface area contributed by atoms with Crippen molar-refractivity contribution in [3.8, 4) is 0 Å². The number of carbonyl (C=O) groups is 1. The van der Waals surface area contributed by atoms with E-state index in [9.17, 15) is 4.79 Å². The molecule has 1 aliphatic heterocycles. The molecule has 17 heavy (non-hydrogen) atoms. The van der Waals surface area contributed by atoms with Crippen molar-refractivity contribution in [3.63, 3.8) is 0 Å². The Balaban J connectivity index is 2.10. The number of hydrogen-bond donors (Lipinski definition) is 1. The number of Topliss-reactive ketones (excluding diaryl/α,β-unsaturated/α-hetero) is 1. The summed E-state index contributed by atoms with van der Waals surface area (Å²) in [4.78, 5) is 11.5. The molecule has 0 aliphatic carbocycles. The summed E-state index contributed by atoms with van der Waals surface area (Å²) >= 11 is 1.35.